The van der Waals surface area contributed by atoms with E-state index in [1.165, 1.54) is 12.1 Å². The standard InChI is InChI=1S/C15H14F4N/c1-20(2,3)10-6-4-9(5-7-10)13-14(18)11(16)8-12(17)15(13)19/h4-8H,1-3H3/q+1. The highest BCUT2D eigenvalue weighted by molar-refractivity contribution is 5.67. The van der Waals surface area contributed by atoms with Crippen LogP contribution in [0.1, 0.15) is 0 Å². The molecule has 1 nitrogen and oxygen atoms in total. The first-order chi connectivity index (χ1) is 9.21. The zero-order valence-electron chi connectivity index (χ0n) is 11.3. The molecule has 0 spiro atoms. The van der Waals surface area contributed by atoms with E-state index in [9.17, 15) is 17.6 Å². The Bertz CT molecular complexity index is 616. The maximum atomic E-state index is 13.7. The Morgan fingerprint density at radius 3 is 1.60 bits per heavy atom. The Balaban J connectivity index is 2.58. The van der Waals surface area contributed by atoms with E-state index in [1.807, 2.05) is 21.1 Å². The molecule has 0 aliphatic heterocycles. The fourth-order valence-electron chi connectivity index (χ4n) is 1.90. The van der Waals surface area contributed by atoms with E-state index < -0.39 is 28.8 Å². The van der Waals surface area contributed by atoms with E-state index in [1.54, 1.807) is 12.1 Å². The quantitative estimate of drug-likeness (QED) is 0.442. The van der Waals surface area contributed by atoms with Crippen LogP contribution in [0.15, 0.2) is 30.3 Å². The van der Waals surface area contributed by atoms with Gasteiger partial charge in [-0.05, 0) is 29.8 Å². The van der Waals surface area contributed by atoms with Gasteiger partial charge >= 0.3 is 0 Å². The molecule has 0 unspecified atom stereocenters. The second-order valence-electron chi connectivity index (χ2n) is 5.40. The van der Waals surface area contributed by atoms with Crippen molar-refractivity contribution in [3.8, 4) is 11.1 Å². The average molecular weight is 284 g/mol. The Morgan fingerprint density at radius 1 is 0.750 bits per heavy atom. The van der Waals surface area contributed by atoms with Crippen molar-refractivity contribution in [2.45, 2.75) is 0 Å². The molecule has 0 bridgehead atoms. The molecule has 0 amide bonds. The Hall–Kier alpha value is -1.88. The molecule has 0 atom stereocenters. The minimum atomic E-state index is -1.41. The third-order valence-electron chi connectivity index (χ3n) is 3.04. The molecule has 0 radical (unpaired) electrons. The highest BCUT2D eigenvalue weighted by Crippen LogP contribution is 2.31. The third kappa shape index (κ3) is 2.54. The second-order valence-corrected chi connectivity index (χ2v) is 5.40. The van der Waals surface area contributed by atoms with Gasteiger partial charge in [-0.2, -0.15) is 0 Å². The first-order valence-corrected chi connectivity index (χ1v) is 5.97. The molecule has 2 aromatic rings. The molecule has 2 rings (SSSR count). The molecule has 106 valence electrons. The van der Waals surface area contributed by atoms with Crippen molar-refractivity contribution in [3.05, 3.63) is 53.6 Å². The van der Waals surface area contributed by atoms with E-state index in [2.05, 4.69) is 0 Å². The summed E-state index contributed by atoms with van der Waals surface area (Å²) >= 11 is 0. The normalized spacial score (nSPS) is 11.8. The van der Waals surface area contributed by atoms with Crippen molar-refractivity contribution in [2.75, 3.05) is 21.1 Å². The van der Waals surface area contributed by atoms with Crippen LogP contribution in [0.4, 0.5) is 23.2 Å². The summed E-state index contributed by atoms with van der Waals surface area (Å²) < 4.78 is 54.2. The second kappa shape index (κ2) is 4.90. The van der Waals surface area contributed by atoms with Crippen LogP contribution in [0.3, 0.4) is 0 Å². The minimum Gasteiger partial charge on any atom is -0.298 e. The SMILES string of the molecule is C[N+](C)(C)c1ccc(-c2c(F)c(F)cc(F)c2F)cc1. The van der Waals surface area contributed by atoms with Gasteiger partial charge in [0.2, 0.25) is 0 Å². The fraction of sp³-hybridized carbons (Fsp3) is 0.200. The summed E-state index contributed by atoms with van der Waals surface area (Å²) in [5, 5.41) is 0. The van der Waals surface area contributed by atoms with Crippen LogP contribution in [0.25, 0.3) is 11.1 Å². The summed E-state index contributed by atoms with van der Waals surface area (Å²) in [6.07, 6.45) is 0. The molecule has 0 fully saturated rings. The molecule has 0 aromatic heterocycles. The van der Waals surface area contributed by atoms with Crippen LogP contribution in [-0.4, -0.2) is 21.1 Å². The van der Waals surface area contributed by atoms with Gasteiger partial charge in [-0.15, -0.1) is 0 Å². The highest BCUT2D eigenvalue weighted by atomic mass is 19.2. The highest BCUT2D eigenvalue weighted by Gasteiger charge is 2.21. The number of quaternary nitrogens is 1. The number of benzene rings is 2. The summed E-state index contributed by atoms with van der Waals surface area (Å²) in [5.41, 5.74) is 0.303. The zero-order chi connectivity index (χ0) is 15.1. The smallest absolute Gasteiger partial charge is 0.169 e. The summed E-state index contributed by atoms with van der Waals surface area (Å²) in [7, 11) is 5.79. The summed E-state index contributed by atoms with van der Waals surface area (Å²) in [5.74, 6) is -5.59. The largest absolute Gasteiger partial charge is 0.298 e. The van der Waals surface area contributed by atoms with Gasteiger partial charge < -0.3 is 0 Å². The van der Waals surface area contributed by atoms with Crippen molar-refractivity contribution >= 4 is 5.69 Å². The van der Waals surface area contributed by atoms with Gasteiger partial charge in [0.05, 0.1) is 26.7 Å². The average Bonchev–Trinajstić information content (AvgIpc) is 2.36. The topological polar surface area (TPSA) is 0 Å². The van der Waals surface area contributed by atoms with E-state index in [0.717, 1.165) is 5.69 Å². The first kappa shape index (κ1) is 14.5. The molecule has 0 saturated carbocycles. The van der Waals surface area contributed by atoms with E-state index in [4.69, 9.17) is 0 Å². The first-order valence-electron chi connectivity index (χ1n) is 5.97. The van der Waals surface area contributed by atoms with Gasteiger partial charge in [0.15, 0.2) is 23.3 Å². The van der Waals surface area contributed by atoms with E-state index in [0.29, 0.717) is 4.48 Å². The number of rotatable bonds is 2. The maximum absolute atomic E-state index is 13.7. The number of hydrogen-bond acceptors (Lipinski definition) is 0. The molecule has 0 aliphatic carbocycles. The van der Waals surface area contributed by atoms with Gasteiger partial charge in [0.1, 0.15) is 5.69 Å². The van der Waals surface area contributed by atoms with Gasteiger partial charge in [0.25, 0.3) is 0 Å². The molecular formula is C15H14F4N+. The molecule has 2 aromatic carbocycles. The van der Waals surface area contributed by atoms with Crippen molar-refractivity contribution < 1.29 is 17.6 Å². The van der Waals surface area contributed by atoms with Crippen molar-refractivity contribution in [3.63, 3.8) is 0 Å². The van der Waals surface area contributed by atoms with Crippen LogP contribution in [-0.2, 0) is 0 Å². The Morgan fingerprint density at radius 2 is 1.20 bits per heavy atom. The fourth-order valence-corrected chi connectivity index (χ4v) is 1.90. The summed E-state index contributed by atoms with van der Waals surface area (Å²) in [4.78, 5) is 0. The maximum Gasteiger partial charge on any atom is 0.169 e. The van der Waals surface area contributed by atoms with E-state index >= 15 is 0 Å². The molecule has 5 heteroatoms. The lowest BCUT2D eigenvalue weighted by Gasteiger charge is -2.23. The molecule has 0 N–H and O–H groups in total. The van der Waals surface area contributed by atoms with Crippen LogP contribution in [0.2, 0.25) is 0 Å². The van der Waals surface area contributed by atoms with Crippen LogP contribution >= 0.6 is 0 Å². The molecule has 0 aliphatic rings. The number of hydrogen-bond donors (Lipinski definition) is 0. The van der Waals surface area contributed by atoms with Crippen molar-refractivity contribution in [1.82, 2.24) is 4.48 Å². The number of halogens is 4. The Labute approximate surface area is 114 Å². The lowest BCUT2D eigenvalue weighted by molar-refractivity contribution is 0.458. The Kier molecular flexibility index (Phi) is 3.56. The molecular weight excluding hydrogens is 270 g/mol. The molecule has 20 heavy (non-hydrogen) atoms. The zero-order valence-corrected chi connectivity index (χ0v) is 11.3. The van der Waals surface area contributed by atoms with Crippen LogP contribution in [0.5, 0.6) is 0 Å². The van der Waals surface area contributed by atoms with Gasteiger partial charge in [0, 0.05) is 6.07 Å². The van der Waals surface area contributed by atoms with Crippen molar-refractivity contribution in [1.29, 1.82) is 0 Å². The van der Waals surface area contributed by atoms with E-state index in [-0.39, 0.29) is 11.6 Å². The third-order valence-corrected chi connectivity index (χ3v) is 3.04. The van der Waals surface area contributed by atoms with Gasteiger partial charge in [-0.1, -0.05) is 0 Å². The van der Waals surface area contributed by atoms with Gasteiger partial charge in [-0.3, -0.25) is 4.48 Å². The molecule has 0 saturated heterocycles. The predicted octanol–water partition coefficient (Wildman–Crippen LogP) is 4.11. The van der Waals surface area contributed by atoms with Gasteiger partial charge in [-0.25, -0.2) is 17.6 Å². The van der Waals surface area contributed by atoms with Crippen LogP contribution in [0, 0.1) is 23.3 Å². The lowest BCUT2D eigenvalue weighted by Crippen LogP contribution is -2.34. The number of nitrogens with zero attached hydrogens (tertiary/aromatic N) is 1. The monoisotopic (exact) mass is 284 g/mol. The lowest BCUT2D eigenvalue weighted by atomic mass is 10.0. The summed E-state index contributed by atoms with van der Waals surface area (Å²) in [6, 6.07) is 6.42. The van der Waals surface area contributed by atoms with Crippen LogP contribution < -0.4 is 4.48 Å². The summed E-state index contributed by atoms with van der Waals surface area (Å²) in [6.45, 7) is 0. The predicted molar refractivity (Wildman–Crippen MR) is 71.3 cm³/mol. The van der Waals surface area contributed by atoms with Crippen molar-refractivity contribution in [2.24, 2.45) is 0 Å². The molecule has 0 heterocycles. The minimum absolute atomic E-state index is 0.0931.